The molecule has 3 aromatic carbocycles. The fraction of sp³-hybridized carbons (Fsp3) is 0.667. The molecule has 2 atom stereocenters. The number of amides is 2. The van der Waals surface area contributed by atoms with E-state index >= 15 is 0 Å². The van der Waals surface area contributed by atoms with Gasteiger partial charge in [0.05, 0.1) is 19.8 Å². The van der Waals surface area contributed by atoms with Crippen LogP contribution in [0.3, 0.4) is 0 Å². The number of hydrogen-bond acceptors (Lipinski definition) is 13. The van der Waals surface area contributed by atoms with Gasteiger partial charge in [-0.25, -0.2) is 4.79 Å². The van der Waals surface area contributed by atoms with Crippen molar-refractivity contribution in [3.8, 4) is 0 Å². The van der Waals surface area contributed by atoms with Gasteiger partial charge in [-0.15, -0.1) is 23.5 Å². The second-order valence-corrected chi connectivity index (χ2v) is 25.9. The number of benzene rings is 3. The van der Waals surface area contributed by atoms with Gasteiger partial charge in [0.2, 0.25) is 0 Å². The first-order chi connectivity index (χ1) is 41.5. The summed E-state index contributed by atoms with van der Waals surface area (Å²) in [6, 6.07) is 23.2. The fourth-order valence-corrected chi connectivity index (χ4v) is 12.5. The maximum atomic E-state index is 13.9. The number of ketones is 1. The van der Waals surface area contributed by atoms with Gasteiger partial charge in [0, 0.05) is 57.7 Å². The van der Waals surface area contributed by atoms with Crippen molar-refractivity contribution in [2.24, 2.45) is 5.92 Å². The van der Waals surface area contributed by atoms with Crippen LogP contribution in [0, 0.1) is 19.8 Å². The lowest BCUT2D eigenvalue weighted by atomic mass is 9.99. The minimum atomic E-state index is -2.42. The highest BCUT2D eigenvalue weighted by molar-refractivity contribution is 8.00. The molecule has 0 heterocycles. The van der Waals surface area contributed by atoms with Gasteiger partial charge in [0.15, 0.2) is 11.9 Å². The van der Waals surface area contributed by atoms with Crippen molar-refractivity contribution in [3.63, 3.8) is 0 Å². The van der Waals surface area contributed by atoms with Gasteiger partial charge in [-0.3, -0.25) is 19.2 Å². The molecular formula is C69H109N2O11PS2. The van der Waals surface area contributed by atoms with Gasteiger partial charge in [0.25, 0.3) is 5.91 Å². The van der Waals surface area contributed by atoms with Crippen LogP contribution in [0.15, 0.2) is 82.6 Å². The molecule has 16 heteroatoms. The van der Waals surface area contributed by atoms with Gasteiger partial charge in [-0.2, -0.15) is 0 Å². The van der Waals surface area contributed by atoms with Crippen molar-refractivity contribution in [3.05, 3.63) is 95.1 Å². The normalized spacial score (nSPS) is 12.0. The SMILES string of the molecule is CCCCCCCCCCCCCCCCCC(=O)OC[C@@H](COP(O)OCCNC(=O)OCCNC(=O)c1ccc(C(=O)C(CSc2ccc(C)cc2)CSc2ccc(C)cc2)cc1)OC(=O)CCCCCCCCCCCCCCCCC. The predicted octanol–water partition coefficient (Wildman–Crippen LogP) is 18.4. The first-order valence-electron chi connectivity index (χ1n) is 32.8. The Bertz CT molecular complexity index is 2140. The lowest BCUT2D eigenvalue weighted by Crippen LogP contribution is -2.32. The summed E-state index contributed by atoms with van der Waals surface area (Å²) in [6.45, 7) is 8.00. The van der Waals surface area contributed by atoms with Crippen LogP contribution in [0.2, 0.25) is 0 Å². The zero-order chi connectivity index (χ0) is 61.2. The van der Waals surface area contributed by atoms with Crippen LogP contribution in [0.5, 0.6) is 0 Å². The standard InChI is InChI=1S/C69H109N2O11PS2/c1-5-7-9-11-13-15-17-19-21-23-25-27-29-31-33-35-65(72)79-53-62(82-66(73)36-34-32-30-28-26-24-22-20-18-16-14-12-10-8-6-2)54-81-83(77)80-52-50-71-69(76)78-51-49-70-68(75)60-43-41-59(42-44-60)67(74)61(55-84-63-45-37-57(3)38-46-63)56-85-64-47-39-58(4)40-48-64/h37-48,61-62,77H,5-36,49-56H2,1-4H3,(H,70,75)(H,71,76)/t62-,83?/m0/s1. The molecule has 0 radical (unpaired) electrons. The van der Waals surface area contributed by atoms with Gasteiger partial charge in [-0.05, 0) is 63.1 Å². The quantitative estimate of drug-likeness (QED) is 0.0122. The molecule has 0 saturated carbocycles. The summed E-state index contributed by atoms with van der Waals surface area (Å²) in [4.78, 5) is 77.6. The molecule has 0 fully saturated rings. The van der Waals surface area contributed by atoms with Crippen molar-refractivity contribution in [1.29, 1.82) is 0 Å². The third kappa shape index (κ3) is 40.2. The van der Waals surface area contributed by atoms with Gasteiger partial charge in [-0.1, -0.05) is 241 Å². The molecular weight excluding hydrogens is 1130 g/mol. The van der Waals surface area contributed by atoms with Crippen LogP contribution in [-0.2, 0) is 32.8 Å². The molecule has 0 bridgehead atoms. The largest absolute Gasteiger partial charge is 0.462 e. The van der Waals surface area contributed by atoms with E-state index in [1.807, 2.05) is 13.8 Å². The third-order valence-corrected chi connectivity index (χ3v) is 18.1. The number of thioether (sulfide) groups is 2. The van der Waals surface area contributed by atoms with Crippen molar-refractivity contribution in [2.75, 3.05) is 51.0 Å². The highest BCUT2D eigenvalue weighted by Gasteiger charge is 2.23. The molecule has 3 rings (SSSR count). The van der Waals surface area contributed by atoms with Crippen LogP contribution in [0.4, 0.5) is 4.79 Å². The number of carbonyl (C=O) groups excluding carboxylic acids is 5. The Morgan fingerprint density at radius 2 is 0.859 bits per heavy atom. The van der Waals surface area contributed by atoms with Crippen LogP contribution >= 0.6 is 32.1 Å². The number of carbonyl (C=O) groups is 5. The molecule has 0 aliphatic heterocycles. The Labute approximate surface area is 522 Å². The number of unbranched alkanes of at least 4 members (excludes halogenated alkanes) is 28. The molecule has 478 valence electrons. The molecule has 0 aliphatic carbocycles. The summed E-state index contributed by atoms with van der Waals surface area (Å²) in [7, 11) is -2.42. The van der Waals surface area contributed by atoms with Crippen LogP contribution in [-0.4, -0.2) is 91.7 Å². The Morgan fingerprint density at radius 3 is 1.31 bits per heavy atom. The van der Waals surface area contributed by atoms with Gasteiger partial charge in [0.1, 0.15) is 13.2 Å². The highest BCUT2D eigenvalue weighted by atomic mass is 32.2. The number of rotatable bonds is 54. The molecule has 0 saturated heterocycles. The molecule has 1 unspecified atom stereocenters. The topological polar surface area (TPSA) is 176 Å². The van der Waals surface area contributed by atoms with E-state index in [1.54, 1.807) is 47.8 Å². The van der Waals surface area contributed by atoms with E-state index in [4.69, 9.17) is 23.3 Å². The molecule has 3 aromatic rings. The lowest BCUT2D eigenvalue weighted by Gasteiger charge is -2.19. The summed E-state index contributed by atoms with van der Waals surface area (Å²) in [6.07, 6.45) is 35.8. The number of alkyl carbamates (subject to hydrolysis) is 1. The predicted molar refractivity (Wildman–Crippen MR) is 351 cm³/mol. The molecule has 3 N–H and O–H groups in total. The number of aryl methyl sites for hydroxylation is 2. The maximum absolute atomic E-state index is 13.9. The Kier molecular flexibility index (Phi) is 45.1. The van der Waals surface area contributed by atoms with E-state index in [0.717, 1.165) is 48.3 Å². The van der Waals surface area contributed by atoms with E-state index in [0.29, 0.717) is 29.1 Å². The van der Waals surface area contributed by atoms with E-state index in [-0.39, 0.29) is 75.9 Å². The summed E-state index contributed by atoms with van der Waals surface area (Å²) < 4.78 is 27.3. The second kappa shape index (κ2) is 51.0. The molecule has 13 nitrogen and oxygen atoms in total. The summed E-state index contributed by atoms with van der Waals surface area (Å²) in [5.41, 5.74) is 3.26. The van der Waals surface area contributed by atoms with Crippen LogP contribution in [0.1, 0.15) is 251 Å². The Morgan fingerprint density at radius 1 is 0.459 bits per heavy atom. The first kappa shape index (κ1) is 75.3. The molecule has 85 heavy (non-hydrogen) atoms. The fourth-order valence-electron chi connectivity index (χ4n) is 9.71. The number of ether oxygens (including phenoxy) is 3. The number of nitrogens with one attached hydrogen (secondary N) is 2. The number of hydrogen-bond donors (Lipinski definition) is 3. The van der Waals surface area contributed by atoms with Crippen LogP contribution < -0.4 is 10.6 Å². The summed E-state index contributed by atoms with van der Waals surface area (Å²) in [5.74, 6) is -0.169. The lowest BCUT2D eigenvalue weighted by molar-refractivity contribution is -0.161. The van der Waals surface area contributed by atoms with Crippen molar-refractivity contribution < 1.29 is 52.1 Å². The highest BCUT2D eigenvalue weighted by Crippen LogP contribution is 2.33. The molecule has 2 amide bonds. The van der Waals surface area contributed by atoms with E-state index in [2.05, 4.69) is 73.0 Å². The van der Waals surface area contributed by atoms with Gasteiger partial charge >= 0.3 is 26.6 Å². The molecule has 0 spiro atoms. The molecule has 0 aromatic heterocycles. The maximum Gasteiger partial charge on any atom is 0.407 e. The van der Waals surface area contributed by atoms with Crippen LogP contribution in [0.25, 0.3) is 0 Å². The summed E-state index contributed by atoms with van der Waals surface area (Å²) >= 11 is 3.32. The summed E-state index contributed by atoms with van der Waals surface area (Å²) in [5, 5.41) is 5.27. The zero-order valence-corrected chi connectivity index (χ0v) is 55.2. The second-order valence-electron chi connectivity index (χ2n) is 22.8. The van der Waals surface area contributed by atoms with E-state index in [9.17, 15) is 28.9 Å². The minimum absolute atomic E-state index is 0.0102. The average molecular weight is 1240 g/mol. The monoisotopic (exact) mass is 1240 g/mol. The van der Waals surface area contributed by atoms with Crippen molar-refractivity contribution in [1.82, 2.24) is 10.6 Å². The number of Topliss-reactive ketones (excluding diaryl/α,β-unsaturated/α-hetero) is 1. The van der Waals surface area contributed by atoms with E-state index in [1.165, 1.54) is 159 Å². The van der Waals surface area contributed by atoms with E-state index < -0.39 is 26.8 Å². The first-order valence-corrected chi connectivity index (χ1v) is 35.9. The van der Waals surface area contributed by atoms with Crippen molar-refractivity contribution in [2.45, 2.75) is 249 Å². The smallest absolute Gasteiger partial charge is 0.407 e. The number of esters is 2. The van der Waals surface area contributed by atoms with Crippen molar-refractivity contribution >= 4 is 61.8 Å². The van der Waals surface area contributed by atoms with Gasteiger partial charge < -0.3 is 38.8 Å². The zero-order valence-electron chi connectivity index (χ0n) is 52.7. The Hall–Kier alpha value is -3.98. The Balaban J connectivity index is 1.33. The molecule has 0 aliphatic rings. The average Bonchev–Trinajstić information content (AvgIpc) is 3.66. The minimum Gasteiger partial charge on any atom is -0.462 e. The third-order valence-electron chi connectivity index (χ3n) is 15.0.